The minimum atomic E-state index is -0.365. The Morgan fingerprint density at radius 2 is 2.08 bits per heavy atom. The molecule has 1 unspecified atom stereocenters. The molecule has 0 radical (unpaired) electrons. The van der Waals surface area contributed by atoms with E-state index in [0.29, 0.717) is 0 Å². The number of hydrogen-bond acceptors (Lipinski definition) is 1. The van der Waals surface area contributed by atoms with Crippen molar-refractivity contribution < 1.29 is 5.11 Å². The SMILES string of the molecule is C=CCC(C)(C)C(O)/C=C/CC. The monoisotopic (exact) mass is 168 g/mol. The maximum absolute atomic E-state index is 9.70. The van der Waals surface area contributed by atoms with Crippen LogP contribution < -0.4 is 0 Å². The van der Waals surface area contributed by atoms with E-state index in [1.807, 2.05) is 32.1 Å². The molecule has 0 aliphatic rings. The van der Waals surface area contributed by atoms with E-state index in [1.54, 1.807) is 0 Å². The van der Waals surface area contributed by atoms with Crippen LogP contribution >= 0.6 is 0 Å². The standard InChI is InChI=1S/C11H20O/c1-5-7-8-10(12)11(3,4)9-6-2/h6-8,10,12H,2,5,9H2,1,3-4H3/b8-7+. The highest BCUT2D eigenvalue weighted by Gasteiger charge is 2.23. The highest BCUT2D eigenvalue weighted by Crippen LogP contribution is 2.26. The Labute approximate surface area is 75.8 Å². The van der Waals surface area contributed by atoms with Gasteiger partial charge in [-0.15, -0.1) is 6.58 Å². The molecule has 12 heavy (non-hydrogen) atoms. The van der Waals surface area contributed by atoms with Crippen LogP contribution in [0.15, 0.2) is 24.8 Å². The molecule has 0 spiro atoms. The van der Waals surface area contributed by atoms with E-state index >= 15 is 0 Å². The molecule has 0 bridgehead atoms. The smallest absolute Gasteiger partial charge is 0.0774 e. The van der Waals surface area contributed by atoms with Gasteiger partial charge in [0, 0.05) is 0 Å². The third-order valence-corrected chi connectivity index (χ3v) is 2.03. The molecule has 1 N–H and O–H groups in total. The van der Waals surface area contributed by atoms with E-state index in [0.717, 1.165) is 12.8 Å². The van der Waals surface area contributed by atoms with E-state index in [9.17, 15) is 5.11 Å². The van der Waals surface area contributed by atoms with Crippen molar-refractivity contribution in [1.82, 2.24) is 0 Å². The van der Waals surface area contributed by atoms with Crippen molar-refractivity contribution in [3.63, 3.8) is 0 Å². The summed E-state index contributed by atoms with van der Waals surface area (Å²) in [5.41, 5.74) is -0.0899. The minimum Gasteiger partial charge on any atom is -0.388 e. The second kappa shape index (κ2) is 5.15. The van der Waals surface area contributed by atoms with Gasteiger partial charge in [0.2, 0.25) is 0 Å². The molecule has 0 aliphatic carbocycles. The van der Waals surface area contributed by atoms with E-state index in [2.05, 4.69) is 13.5 Å². The maximum atomic E-state index is 9.70. The lowest BCUT2D eigenvalue weighted by Crippen LogP contribution is -2.26. The molecule has 0 fully saturated rings. The lowest BCUT2D eigenvalue weighted by Gasteiger charge is -2.26. The number of rotatable bonds is 5. The van der Waals surface area contributed by atoms with Crippen LogP contribution in [-0.2, 0) is 0 Å². The van der Waals surface area contributed by atoms with Crippen LogP contribution in [-0.4, -0.2) is 11.2 Å². The summed E-state index contributed by atoms with van der Waals surface area (Å²) in [5.74, 6) is 0. The van der Waals surface area contributed by atoms with Gasteiger partial charge in [-0.2, -0.15) is 0 Å². The molecule has 0 aliphatic heterocycles. The molecule has 0 saturated heterocycles. The van der Waals surface area contributed by atoms with Gasteiger partial charge in [0.1, 0.15) is 0 Å². The van der Waals surface area contributed by atoms with Crippen LogP contribution in [0.5, 0.6) is 0 Å². The van der Waals surface area contributed by atoms with Gasteiger partial charge in [0.05, 0.1) is 6.10 Å². The number of hydrogen-bond donors (Lipinski definition) is 1. The molecule has 1 nitrogen and oxygen atoms in total. The Hall–Kier alpha value is -0.560. The van der Waals surface area contributed by atoms with Crippen LogP contribution in [0, 0.1) is 5.41 Å². The second-order valence-corrected chi connectivity index (χ2v) is 3.76. The molecule has 0 amide bonds. The van der Waals surface area contributed by atoms with Gasteiger partial charge in [-0.05, 0) is 18.3 Å². The van der Waals surface area contributed by atoms with Gasteiger partial charge in [-0.1, -0.05) is 39.0 Å². The first-order valence-corrected chi connectivity index (χ1v) is 4.50. The third kappa shape index (κ3) is 3.72. The summed E-state index contributed by atoms with van der Waals surface area (Å²) >= 11 is 0. The van der Waals surface area contributed by atoms with E-state index < -0.39 is 0 Å². The van der Waals surface area contributed by atoms with Crippen LogP contribution in [0.3, 0.4) is 0 Å². The van der Waals surface area contributed by atoms with Crippen LogP contribution in [0.1, 0.15) is 33.6 Å². The largest absolute Gasteiger partial charge is 0.388 e. The minimum absolute atomic E-state index is 0.0899. The molecule has 0 saturated carbocycles. The highest BCUT2D eigenvalue weighted by atomic mass is 16.3. The molecule has 70 valence electrons. The van der Waals surface area contributed by atoms with Gasteiger partial charge in [0.15, 0.2) is 0 Å². The molecular weight excluding hydrogens is 148 g/mol. The average Bonchev–Trinajstić information content (AvgIpc) is 2.00. The van der Waals surface area contributed by atoms with Crippen LogP contribution in [0.4, 0.5) is 0 Å². The molecule has 0 aromatic carbocycles. The van der Waals surface area contributed by atoms with Gasteiger partial charge < -0.3 is 5.11 Å². The van der Waals surface area contributed by atoms with Gasteiger partial charge >= 0.3 is 0 Å². The fraction of sp³-hybridized carbons (Fsp3) is 0.636. The summed E-state index contributed by atoms with van der Waals surface area (Å²) in [5, 5.41) is 9.70. The zero-order valence-electron chi connectivity index (χ0n) is 8.38. The molecule has 0 rings (SSSR count). The number of aliphatic hydroxyl groups is 1. The normalized spacial score (nSPS) is 15.0. The van der Waals surface area contributed by atoms with Gasteiger partial charge in [-0.3, -0.25) is 0 Å². The van der Waals surface area contributed by atoms with Crippen LogP contribution in [0.2, 0.25) is 0 Å². The highest BCUT2D eigenvalue weighted by molar-refractivity contribution is 4.97. The molecule has 0 aromatic rings. The summed E-state index contributed by atoms with van der Waals surface area (Å²) < 4.78 is 0. The molecule has 1 atom stereocenters. The van der Waals surface area contributed by atoms with Crippen LogP contribution in [0.25, 0.3) is 0 Å². The average molecular weight is 168 g/mol. The first-order valence-electron chi connectivity index (χ1n) is 4.50. The number of allylic oxidation sites excluding steroid dienone is 2. The predicted molar refractivity (Wildman–Crippen MR) is 54.0 cm³/mol. The van der Waals surface area contributed by atoms with Crippen molar-refractivity contribution in [2.75, 3.05) is 0 Å². The summed E-state index contributed by atoms with van der Waals surface area (Å²) in [4.78, 5) is 0. The fourth-order valence-corrected chi connectivity index (χ4v) is 1.02. The van der Waals surface area contributed by atoms with Crippen molar-refractivity contribution in [2.45, 2.75) is 39.7 Å². The Morgan fingerprint density at radius 3 is 2.50 bits per heavy atom. The first kappa shape index (κ1) is 11.4. The molecular formula is C11H20O. The van der Waals surface area contributed by atoms with Crippen molar-refractivity contribution >= 4 is 0 Å². The zero-order valence-corrected chi connectivity index (χ0v) is 8.38. The lowest BCUT2D eigenvalue weighted by molar-refractivity contribution is 0.0928. The first-order chi connectivity index (χ1) is 5.54. The van der Waals surface area contributed by atoms with Gasteiger partial charge in [-0.25, -0.2) is 0 Å². The summed E-state index contributed by atoms with van der Waals surface area (Å²) in [6.07, 6.45) is 7.15. The quantitative estimate of drug-likeness (QED) is 0.626. The predicted octanol–water partition coefficient (Wildman–Crippen LogP) is 2.92. The summed E-state index contributed by atoms with van der Waals surface area (Å²) in [6, 6.07) is 0. The lowest BCUT2D eigenvalue weighted by atomic mass is 9.83. The van der Waals surface area contributed by atoms with Crippen molar-refractivity contribution in [3.8, 4) is 0 Å². The van der Waals surface area contributed by atoms with E-state index in [1.165, 1.54) is 0 Å². The number of aliphatic hydroxyl groups excluding tert-OH is 1. The van der Waals surface area contributed by atoms with E-state index in [4.69, 9.17) is 0 Å². The molecule has 1 heteroatoms. The Morgan fingerprint density at radius 1 is 1.50 bits per heavy atom. The van der Waals surface area contributed by atoms with Crippen molar-refractivity contribution in [2.24, 2.45) is 5.41 Å². The van der Waals surface area contributed by atoms with Crippen molar-refractivity contribution in [3.05, 3.63) is 24.8 Å². The summed E-state index contributed by atoms with van der Waals surface area (Å²) in [6.45, 7) is 9.81. The second-order valence-electron chi connectivity index (χ2n) is 3.76. The third-order valence-electron chi connectivity index (χ3n) is 2.03. The Kier molecular flexibility index (Phi) is 4.91. The topological polar surface area (TPSA) is 20.2 Å². The Bertz CT molecular complexity index is 156. The van der Waals surface area contributed by atoms with Gasteiger partial charge in [0.25, 0.3) is 0 Å². The summed E-state index contributed by atoms with van der Waals surface area (Å²) in [7, 11) is 0. The van der Waals surface area contributed by atoms with E-state index in [-0.39, 0.29) is 11.5 Å². The maximum Gasteiger partial charge on any atom is 0.0774 e. The van der Waals surface area contributed by atoms with Crippen molar-refractivity contribution in [1.29, 1.82) is 0 Å². The zero-order chi connectivity index (χ0) is 9.61. The molecule has 0 aromatic heterocycles. The Balaban J connectivity index is 4.13. The fourth-order valence-electron chi connectivity index (χ4n) is 1.02. The molecule has 0 heterocycles.